The van der Waals surface area contributed by atoms with Gasteiger partial charge in [-0.1, -0.05) is 6.07 Å². The number of aromatic amines is 1. The summed E-state index contributed by atoms with van der Waals surface area (Å²) in [6, 6.07) is 3.79. The van der Waals surface area contributed by atoms with Crippen molar-refractivity contribution in [2.75, 3.05) is 0 Å². The number of rotatable bonds is 4. The maximum Gasteiger partial charge on any atom is 0.336 e. The molecule has 1 aromatic heterocycles. The van der Waals surface area contributed by atoms with Crippen LogP contribution < -0.4 is 5.73 Å². The van der Waals surface area contributed by atoms with Crippen LogP contribution in [0.4, 0.5) is 0 Å². The first-order chi connectivity index (χ1) is 8.50. The number of aromatic carboxylic acids is 1. The highest BCUT2D eigenvalue weighted by Crippen LogP contribution is 2.23. The van der Waals surface area contributed by atoms with Crippen LogP contribution in [-0.4, -0.2) is 33.2 Å². The highest BCUT2D eigenvalue weighted by Gasteiger charge is 2.18. The van der Waals surface area contributed by atoms with Gasteiger partial charge < -0.3 is 20.9 Å². The van der Waals surface area contributed by atoms with Crippen molar-refractivity contribution in [2.45, 2.75) is 12.5 Å². The molecule has 2 aromatic rings. The largest absolute Gasteiger partial charge is 0.480 e. The summed E-state index contributed by atoms with van der Waals surface area (Å²) in [7, 11) is 0. The first-order valence-corrected chi connectivity index (χ1v) is 5.31. The number of hydrogen-bond acceptors (Lipinski definition) is 3. The average molecular weight is 248 g/mol. The number of nitrogens with two attached hydrogens (primary N) is 1. The van der Waals surface area contributed by atoms with Crippen molar-refractivity contribution in [3.63, 3.8) is 0 Å². The smallest absolute Gasteiger partial charge is 0.336 e. The van der Waals surface area contributed by atoms with Crippen LogP contribution in [0.2, 0.25) is 0 Å². The van der Waals surface area contributed by atoms with Crippen molar-refractivity contribution in [3.05, 3.63) is 35.5 Å². The minimum Gasteiger partial charge on any atom is -0.480 e. The molecule has 6 heteroatoms. The second-order valence-electron chi connectivity index (χ2n) is 4.00. The van der Waals surface area contributed by atoms with E-state index in [2.05, 4.69) is 4.98 Å². The van der Waals surface area contributed by atoms with E-state index in [4.69, 9.17) is 15.9 Å². The normalized spacial score (nSPS) is 12.5. The number of carboxylic acid groups (broad SMARTS) is 2. The lowest BCUT2D eigenvalue weighted by Gasteiger charge is -2.06. The lowest BCUT2D eigenvalue weighted by atomic mass is 10.0. The van der Waals surface area contributed by atoms with Crippen LogP contribution in [0.3, 0.4) is 0 Å². The molecule has 0 fully saturated rings. The number of hydrogen-bond donors (Lipinski definition) is 4. The van der Waals surface area contributed by atoms with Gasteiger partial charge in [-0.15, -0.1) is 0 Å². The molecule has 5 N–H and O–H groups in total. The Balaban J connectivity index is 2.52. The Bertz CT molecular complexity index is 618. The van der Waals surface area contributed by atoms with Crippen LogP contribution in [-0.2, 0) is 11.2 Å². The third-order valence-corrected chi connectivity index (χ3v) is 2.77. The van der Waals surface area contributed by atoms with E-state index in [1.54, 1.807) is 18.3 Å². The van der Waals surface area contributed by atoms with Gasteiger partial charge in [0.15, 0.2) is 0 Å². The van der Waals surface area contributed by atoms with Gasteiger partial charge in [-0.25, -0.2) is 4.79 Å². The van der Waals surface area contributed by atoms with Gasteiger partial charge in [0.2, 0.25) is 0 Å². The molecule has 94 valence electrons. The zero-order chi connectivity index (χ0) is 13.3. The first-order valence-electron chi connectivity index (χ1n) is 5.31. The maximum atomic E-state index is 11.1. The number of carboxylic acids is 2. The van der Waals surface area contributed by atoms with Crippen molar-refractivity contribution < 1.29 is 19.8 Å². The van der Waals surface area contributed by atoms with Crippen molar-refractivity contribution >= 4 is 22.8 Å². The summed E-state index contributed by atoms with van der Waals surface area (Å²) >= 11 is 0. The summed E-state index contributed by atoms with van der Waals surface area (Å²) in [5.74, 6) is -2.16. The molecule has 1 heterocycles. The predicted octanol–water partition coefficient (Wildman–Crippen LogP) is 0.821. The Morgan fingerprint density at radius 3 is 2.67 bits per heavy atom. The number of carbonyl (C=O) groups is 2. The molecule has 0 bridgehead atoms. The van der Waals surface area contributed by atoms with Crippen LogP contribution >= 0.6 is 0 Å². The number of aromatic nitrogens is 1. The van der Waals surface area contributed by atoms with E-state index in [1.165, 1.54) is 6.07 Å². The average Bonchev–Trinajstić information content (AvgIpc) is 2.72. The lowest BCUT2D eigenvalue weighted by Crippen LogP contribution is -2.32. The van der Waals surface area contributed by atoms with Crippen molar-refractivity contribution in [1.29, 1.82) is 0 Å². The monoisotopic (exact) mass is 248 g/mol. The summed E-state index contributed by atoms with van der Waals surface area (Å²) < 4.78 is 0. The van der Waals surface area contributed by atoms with E-state index in [-0.39, 0.29) is 12.0 Å². The molecule has 18 heavy (non-hydrogen) atoms. The Morgan fingerprint density at radius 2 is 2.06 bits per heavy atom. The van der Waals surface area contributed by atoms with Gasteiger partial charge in [-0.2, -0.15) is 0 Å². The molecule has 0 spiro atoms. The minimum atomic E-state index is -1.11. The molecule has 0 radical (unpaired) electrons. The number of nitrogens with one attached hydrogen (secondary N) is 1. The Kier molecular flexibility index (Phi) is 3.03. The van der Waals surface area contributed by atoms with Crippen LogP contribution in [0, 0.1) is 0 Å². The standard InChI is InChI=1S/C12H12N2O4/c13-8(12(17)18)4-6-5-14-9-3-1-2-7(10(6)9)11(15)16/h1-3,5,8,14H,4,13H2,(H,15,16)(H,17,18). The second kappa shape index (κ2) is 4.50. The topological polar surface area (TPSA) is 116 Å². The van der Waals surface area contributed by atoms with Crippen molar-refractivity contribution in [2.24, 2.45) is 5.73 Å². The van der Waals surface area contributed by atoms with Gasteiger partial charge in [-0.3, -0.25) is 4.79 Å². The quantitative estimate of drug-likeness (QED) is 0.639. The van der Waals surface area contributed by atoms with E-state index in [0.717, 1.165) is 0 Å². The number of benzene rings is 1. The van der Waals surface area contributed by atoms with E-state index < -0.39 is 18.0 Å². The van der Waals surface area contributed by atoms with Gasteiger partial charge in [0.1, 0.15) is 6.04 Å². The summed E-state index contributed by atoms with van der Waals surface area (Å²) in [6.07, 6.45) is 1.68. The second-order valence-corrected chi connectivity index (χ2v) is 4.00. The number of H-pyrrole nitrogens is 1. The van der Waals surface area contributed by atoms with Crippen LogP contribution in [0.5, 0.6) is 0 Å². The fourth-order valence-electron chi connectivity index (χ4n) is 1.92. The van der Waals surface area contributed by atoms with Crippen LogP contribution in [0.15, 0.2) is 24.4 Å². The summed E-state index contributed by atoms with van der Waals surface area (Å²) in [5.41, 5.74) is 6.85. The van der Waals surface area contributed by atoms with Crippen LogP contribution in [0.1, 0.15) is 15.9 Å². The third-order valence-electron chi connectivity index (χ3n) is 2.77. The van der Waals surface area contributed by atoms with E-state index in [0.29, 0.717) is 16.5 Å². The SMILES string of the molecule is NC(Cc1c[nH]c2cccc(C(=O)O)c12)C(=O)O. The Morgan fingerprint density at radius 1 is 1.33 bits per heavy atom. The number of aliphatic carboxylic acids is 1. The van der Waals surface area contributed by atoms with E-state index >= 15 is 0 Å². The third kappa shape index (κ3) is 2.05. The molecule has 1 unspecified atom stereocenters. The highest BCUT2D eigenvalue weighted by molar-refractivity contribution is 6.04. The molecule has 6 nitrogen and oxygen atoms in total. The van der Waals surface area contributed by atoms with Crippen molar-refractivity contribution in [3.8, 4) is 0 Å². The zero-order valence-corrected chi connectivity index (χ0v) is 9.38. The highest BCUT2D eigenvalue weighted by atomic mass is 16.4. The van der Waals surface area contributed by atoms with Gasteiger partial charge in [0.25, 0.3) is 0 Å². The molecule has 0 aliphatic heterocycles. The van der Waals surface area contributed by atoms with Gasteiger partial charge >= 0.3 is 11.9 Å². The molecule has 1 aromatic carbocycles. The molecular formula is C12H12N2O4. The van der Waals surface area contributed by atoms with Crippen LogP contribution in [0.25, 0.3) is 10.9 Å². The molecule has 0 aliphatic rings. The van der Waals surface area contributed by atoms with Gasteiger partial charge in [0, 0.05) is 23.5 Å². The summed E-state index contributed by atoms with van der Waals surface area (Å²) in [4.78, 5) is 24.8. The zero-order valence-electron chi connectivity index (χ0n) is 9.38. The van der Waals surface area contributed by atoms with Gasteiger partial charge in [0.05, 0.1) is 5.56 Å². The first kappa shape index (κ1) is 12.1. The molecule has 2 rings (SSSR count). The lowest BCUT2D eigenvalue weighted by molar-refractivity contribution is -0.138. The molecule has 1 atom stereocenters. The summed E-state index contributed by atoms with van der Waals surface area (Å²) in [6.45, 7) is 0. The van der Waals surface area contributed by atoms with E-state index in [9.17, 15) is 9.59 Å². The maximum absolute atomic E-state index is 11.1. The fraction of sp³-hybridized carbons (Fsp3) is 0.167. The predicted molar refractivity (Wildman–Crippen MR) is 64.6 cm³/mol. The molecule has 0 aliphatic carbocycles. The molecule has 0 amide bonds. The summed E-state index contributed by atoms with van der Waals surface area (Å²) in [5, 5.41) is 18.4. The minimum absolute atomic E-state index is 0.0830. The van der Waals surface area contributed by atoms with Gasteiger partial charge in [-0.05, 0) is 17.7 Å². The number of fused-ring (bicyclic) bond motifs is 1. The van der Waals surface area contributed by atoms with E-state index in [1.807, 2.05) is 0 Å². The molecule has 0 saturated carbocycles. The Labute approximate surface area is 102 Å². The Hall–Kier alpha value is -2.34. The molecular weight excluding hydrogens is 236 g/mol. The molecule has 0 saturated heterocycles. The van der Waals surface area contributed by atoms with Crippen molar-refractivity contribution in [1.82, 2.24) is 4.98 Å². The fourth-order valence-corrected chi connectivity index (χ4v) is 1.92.